The first kappa shape index (κ1) is 10.0. The van der Waals surface area contributed by atoms with Crippen LogP contribution in [0, 0.1) is 11.8 Å². The van der Waals surface area contributed by atoms with Crippen LogP contribution in [-0.2, 0) is 0 Å². The lowest BCUT2D eigenvalue weighted by Crippen LogP contribution is -2.32. The van der Waals surface area contributed by atoms with Gasteiger partial charge in [-0.05, 0) is 25.2 Å². The van der Waals surface area contributed by atoms with Gasteiger partial charge in [-0.15, -0.1) is 0 Å². The van der Waals surface area contributed by atoms with E-state index in [0.717, 1.165) is 12.3 Å². The monoisotopic (exact) mass is 171 g/mol. The summed E-state index contributed by atoms with van der Waals surface area (Å²) in [4.78, 5) is 0. The Hall–Kier alpha value is -0.0800. The number of hydrogen-bond acceptors (Lipinski definition) is 2. The van der Waals surface area contributed by atoms with Crippen LogP contribution in [0.15, 0.2) is 0 Å². The van der Waals surface area contributed by atoms with Gasteiger partial charge >= 0.3 is 0 Å². The third-order valence-electron chi connectivity index (χ3n) is 3.14. The molecule has 3 N–H and O–H groups in total. The summed E-state index contributed by atoms with van der Waals surface area (Å²) >= 11 is 0. The average molecular weight is 171 g/mol. The van der Waals surface area contributed by atoms with Gasteiger partial charge in [0.1, 0.15) is 0 Å². The zero-order chi connectivity index (χ0) is 8.97. The van der Waals surface area contributed by atoms with Crippen LogP contribution in [-0.4, -0.2) is 17.8 Å². The fraction of sp³-hybridized carbons (Fsp3) is 1.00. The maximum absolute atomic E-state index is 8.89. The lowest BCUT2D eigenvalue weighted by atomic mass is 9.83. The second-order valence-electron chi connectivity index (χ2n) is 4.08. The van der Waals surface area contributed by atoms with Crippen molar-refractivity contribution in [3.05, 3.63) is 0 Å². The van der Waals surface area contributed by atoms with E-state index in [2.05, 4.69) is 6.92 Å². The summed E-state index contributed by atoms with van der Waals surface area (Å²) in [6.07, 6.45) is 6.26. The van der Waals surface area contributed by atoms with Gasteiger partial charge in [-0.1, -0.05) is 25.7 Å². The highest BCUT2D eigenvalue weighted by Gasteiger charge is 2.26. The Bertz CT molecular complexity index is 119. The fourth-order valence-electron chi connectivity index (χ4n) is 2.46. The second kappa shape index (κ2) is 4.83. The third kappa shape index (κ3) is 2.46. The van der Waals surface area contributed by atoms with E-state index in [-0.39, 0.29) is 6.04 Å². The van der Waals surface area contributed by atoms with Crippen molar-refractivity contribution in [1.29, 1.82) is 0 Å². The van der Waals surface area contributed by atoms with Crippen molar-refractivity contribution in [3.8, 4) is 0 Å². The van der Waals surface area contributed by atoms with E-state index in [4.69, 9.17) is 10.8 Å². The molecular formula is C10H21NO. The van der Waals surface area contributed by atoms with Gasteiger partial charge in [-0.3, -0.25) is 0 Å². The molecule has 0 amide bonds. The molecule has 2 unspecified atom stereocenters. The predicted molar refractivity (Wildman–Crippen MR) is 50.8 cm³/mol. The number of aliphatic hydroxyl groups excluding tert-OH is 1. The predicted octanol–water partition coefficient (Wildman–Crippen LogP) is 1.52. The van der Waals surface area contributed by atoms with E-state index >= 15 is 0 Å². The number of aliphatic hydroxyl groups is 1. The molecule has 12 heavy (non-hydrogen) atoms. The molecule has 0 radical (unpaired) electrons. The van der Waals surface area contributed by atoms with Crippen LogP contribution in [0.4, 0.5) is 0 Å². The standard InChI is InChI=1S/C10H21NO/c1-8(11)10(6-7-12)9-4-2-3-5-9/h8-10,12H,2-7,11H2,1H3. The van der Waals surface area contributed by atoms with Crippen LogP contribution < -0.4 is 5.73 Å². The summed E-state index contributed by atoms with van der Waals surface area (Å²) in [5.74, 6) is 1.34. The van der Waals surface area contributed by atoms with Crippen molar-refractivity contribution in [3.63, 3.8) is 0 Å². The highest BCUT2D eigenvalue weighted by molar-refractivity contribution is 4.80. The normalized spacial score (nSPS) is 24.2. The van der Waals surface area contributed by atoms with Gasteiger partial charge in [-0.25, -0.2) is 0 Å². The molecule has 2 heteroatoms. The van der Waals surface area contributed by atoms with E-state index in [1.165, 1.54) is 25.7 Å². The molecular weight excluding hydrogens is 150 g/mol. The van der Waals surface area contributed by atoms with Gasteiger partial charge in [0.05, 0.1) is 0 Å². The minimum atomic E-state index is 0.250. The van der Waals surface area contributed by atoms with E-state index < -0.39 is 0 Å². The third-order valence-corrected chi connectivity index (χ3v) is 3.14. The van der Waals surface area contributed by atoms with Crippen LogP contribution in [0.3, 0.4) is 0 Å². The van der Waals surface area contributed by atoms with Crippen LogP contribution in [0.5, 0.6) is 0 Å². The van der Waals surface area contributed by atoms with Gasteiger partial charge in [0.15, 0.2) is 0 Å². The Labute approximate surface area is 75.2 Å². The maximum Gasteiger partial charge on any atom is 0.0434 e. The van der Waals surface area contributed by atoms with Gasteiger partial charge < -0.3 is 10.8 Å². The Morgan fingerprint density at radius 1 is 1.42 bits per heavy atom. The van der Waals surface area contributed by atoms with Gasteiger partial charge in [0.2, 0.25) is 0 Å². The molecule has 1 rings (SSSR count). The van der Waals surface area contributed by atoms with Gasteiger partial charge in [0, 0.05) is 12.6 Å². The zero-order valence-corrected chi connectivity index (χ0v) is 8.00. The Kier molecular flexibility index (Phi) is 4.02. The molecule has 0 aromatic rings. The minimum absolute atomic E-state index is 0.250. The van der Waals surface area contributed by atoms with Crippen molar-refractivity contribution >= 4 is 0 Å². The number of nitrogens with two attached hydrogens (primary N) is 1. The SMILES string of the molecule is CC(N)C(CCO)C1CCCC1. The minimum Gasteiger partial charge on any atom is -0.396 e. The molecule has 1 saturated carbocycles. The van der Waals surface area contributed by atoms with Crippen molar-refractivity contribution in [2.45, 2.75) is 45.1 Å². The lowest BCUT2D eigenvalue weighted by molar-refractivity contribution is 0.201. The summed E-state index contributed by atoms with van der Waals surface area (Å²) in [5, 5.41) is 8.89. The van der Waals surface area contributed by atoms with E-state index in [9.17, 15) is 0 Å². The quantitative estimate of drug-likeness (QED) is 0.673. The van der Waals surface area contributed by atoms with Crippen molar-refractivity contribution in [2.24, 2.45) is 17.6 Å². The molecule has 0 aromatic heterocycles. The molecule has 0 aromatic carbocycles. The van der Waals surface area contributed by atoms with Crippen molar-refractivity contribution in [1.82, 2.24) is 0 Å². The number of hydrogen-bond donors (Lipinski definition) is 2. The van der Waals surface area contributed by atoms with Gasteiger partial charge in [0.25, 0.3) is 0 Å². The summed E-state index contributed by atoms with van der Waals surface area (Å²) in [5.41, 5.74) is 5.89. The van der Waals surface area contributed by atoms with Crippen LogP contribution in [0.1, 0.15) is 39.0 Å². The first-order valence-electron chi connectivity index (χ1n) is 5.12. The molecule has 2 atom stereocenters. The summed E-state index contributed by atoms with van der Waals surface area (Å²) in [7, 11) is 0. The lowest BCUT2D eigenvalue weighted by Gasteiger charge is -2.26. The first-order chi connectivity index (χ1) is 5.75. The average Bonchev–Trinajstić information content (AvgIpc) is 2.51. The van der Waals surface area contributed by atoms with Crippen LogP contribution >= 0.6 is 0 Å². The van der Waals surface area contributed by atoms with Crippen molar-refractivity contribution in [2.75, 3.05) is 6.61 Å². The summed E-state index contributed by atoms with van der Waals surface area (Å²) < 4.78 is 0. The zero-order valence-electron chi connectivity index (χ0n) is 8.00. The molecule has 1 aliphatic rings. The maximum atomic E-state index is 8.89. The molecule has 0 saturated heterocycles. The summed E-state index contributed by atoms with van der Waals surface area (Å²) in [6, 6.07) is 0.250. The van der Waals surface area contributed by atoms with E-state index in [1.807, 2.05) is 0 Å². The van der Waals surface area contributed by atoms with Crippen LogP contribution in [0.2, 0.25) is 0 Å². The Balaban J connectivity index is 2.40. The van der Waals surface area contributed by atoms with Crippen LogP contribution in [0.25, 0.3) is 0 Å². The van der Waals surface area contributed by atoms with E-state index in [0.29, 0.717) is 12.5 Å². The Morgan fingerprint density at radius 3 is 2.42 bits per heavy atom. The molecule has 72 valence electrons. The van der Waals surface area contributed by atoms with Gasteiger partial charge in [-0.2, -0.15) is 0 Å². The molecule has 0 spiro atoms. The Morgan fingerprint density at radius 2 is 2.00 bits per heavy atom. The highest BCUT2D eigenvalue weighted by atomic mass is 16.3. The molecule has 1 fully saturated rings. The molecule has 0 heterocycles. The molecule has 0 aliphatic heterocycles. The largest absolute Gasteiger partial charge is 0.396 e. The molecule has 2 nitrogen and oxygen atoms in total. The fourth-order valence-corrected chi connectivity index (χ4v) is 2.46. The van der Waals surface area contributed by atoms with Crippen molar-refractivity contribution < 1.29 is 5.11 Å². The molecule has 0 bridgehead atoms. The number of rotatable bonds is 4. The van der Waals surface area contributed by atoms with E-state index in [1.54, 1.807) is 0 Å². The first-order valence-corrected chi connectivity index (χ1v) is 5.12. The molecule has 1 aliphatic carbocycles. The second-order valence-corrected chi connectivity index (χ2v) is 4.08. The smallest absolute Gasteiger partial charge is 0.0434 e. The highest BCUT2D eigenvalue weighted by Crippen LogP contribution is 2.34. The summed E-state index contributed by atoms with van der Waals surface area (Å²) in [6.45, 7) is 2.36. The topological polar surface area (TPSA) is 46.2 Å².